The van der Waals surface area contributed by atoms with Crippen molar-refractivity contribution in [3.63, 3.8) is 0 Å². The van der Waals surface area contributed by atoms with Crippen LogP contribution in [-0.4, -0.2) is 17.6 Å². The molecule has 0 aliphatic carbocycles. The minimum atomic E-state index is -0.870. The maximum absolute atomic E-state index is 10.8. The summed E-state index contributed by atoms with van der Waals surface area (Å²) in [4.78, 5) is 10.8. The Kier molecular flexibility index (Phi) is 7.01. The van der Waals surface area contributed by atoms with Crippen molar-refractivity contribution in [1.29, 1.82) is 0 Å². The molecular formula is C16H25NO2. The molecule has 1 aromatic carbocycles. The van der Waals surface area contributed by atoms with E-state index in [4.69, 9.17) is 5.11 Å². The van der Waals surface area contributed by atoms with Gasteiger partial charge in [-0.3, -0.25) is 0 Å². The molecule has 19 heavy (non-hydrogen) atoms. The molecule has 0 amide bonds. The molecule has 0 aliphatic heterocycles. The van der Waals surface area contributed by atoms with E-state index in [1.54, 1.807) is 12.1 Å². The van der Waals surface area contributed by atoms with Gasteiger partial charge in [-0.15, -0.1) is 0 Å². The first kappa shape index (κ1) is 15.5. The van der Waals surface area contributed by atoms with Crippen molar-refractivity contribution in [1.82, 2.24) is 0 Å². The van der Waals surface area contributed by atoms with Gasteiger partial charge in [-0.2, -0.15) is 0 Å². The van der Waals surface area contributed by atoms with Crippen molar-refractivity contribution < 1.29 is 9.90 Å². The third-order valence-electron chi connectivity index (χ3n) is 3.32. The molecule has 106 valence electrons. The van der Waals surface area contributed by atoms with Gasteiger partial charge in [-0.25, -0.2) is 4.79 Å². The summed E-state index contributed by atoms with van der Waals surface area (Å²) in [6, 6.07) is 5.22. The van der Waals surface area contributed by atoms with Crippen LogP contribution in [0.4, 0.5) is 5.69 Å². The van der Waals surface area contributed by atoms with E-state index in [1.807, 2.05) is 13.0 Å². The highest BCUT2D eigenvalue weighted by Crippen LogP contribution is 2.17. The molecule has 0 aliphatic rings. The smallest absolute Gasteiger partial charge is 0.335 e. The standard InChI is InChI=1S/C16H25NO2/c1-3-4-5-6-7-8-11-17-15-10-9-14(16(18)19)12-13(15)2/h9-10,12,17H,3-8,11H2,1-2H3,(H,18,19). The van der Waals surface area contributed by atoms with Gasteiger partial charge in [-0.1, -0.05) is 39.0 Å². The fraction of sp³-hybridized carbons (Fsp3) is 0.562. The molecule has 1 rings (SSSR count). The summed E-state index contributed by atoms with van der Waals surface area (Å²) in [5.41, 5.74) is 2.38. The number of carboxylic acids is 1. The Morgan fingerprint density at radius 3 is 2.47 bits per heavy atom. The van der Waals surface area contributed by atoms with Gasteiger partial charge in [0.25, 0.3) is 0 Å². The molecule has 0 heterocycles. The highest BCUT2D eigenvalue weighted by atomic mass is 16.4. The van der Waals surface area contributed by atoms with E-state index in [-0.39, 0.29) is 0 Å². The van der Waals surface area contributed by atoms with E-state index < -0.39 is 5.97 Å². The Labute approximate surface area is 116 Å². The van der Waals surface area contributed by atoms with E-state index in [0.717, 1.165) is 17.8 Å². The maximum atomic E-state index is 10.8. The lowest BCUT2D eigenvalue weighted by atomic mass is 10.1. The van der Waals surface area contributed by atoms with Crippen molar-refractivity contribution >= 4 is 11.7 Å². The molecule has 0 fully saturated rings. The number of unbranched alkanes of at least 4 members (excludes halogenated alkanes) is 5. The summed E-state index contributed by atoms with van der Waals surface area (Å²) in [5.74, 6) is -0.870. The number of aromatic carboxylic acids is 1. The molecule has 0 saturated heterocycles. The summed E-state index contributed by atoms with van der Waals surface area (Å²) >= 11 is 0. The van der Waals surface area contributed by atoms with Crippen LogP contribution >= 0.6 is 0 Å². The van der Waals surface area contributed by atoms with Crippen molar-refractivity contribution in [3.05, 3.63) is 29.3 Å². The van der Waals surface area contributed by atoms with E-state index >= 15 is 0 Å². The molecule has 3 nitrogen and oxygen atoms in total. The molecule has 3 heteroatoms. The van der Waals surface area contributed by atoms with Gasteiger partial charge in [-0.05, 0) is 37.1 Å². The van der Waals surface area contributed by atoms with Crippen molar-refractivity contribution in [2.45, 2.75) is 52.4 Å². The average molecular weight is 263 g/mol. The van der Waals surface area contributed by atoms with Crippen molar-refractivity contribution in [2.24, 2.45) is 0 Å². The van der Waals surface area contributed by atoms with E-state index in [1.165, 1.54) is 38.5 Å². The maximum Gasteiger partial charge on any atom is 0.335 e. The summed E-state index contributed by atoms with van der Waals surface area (Å²) < 4.78 is 0. The fourth-order valence-corrected chi connectivity index (χ4v) is 2.12. The summed E-state index contributed by atoms with van der Waals surface area (Å²) in [7, 11) is 0. The summed E-state index contributed by atoms with van der Waals surface area (Å²) in [6.07, 6.45) is 7.70. The second-order valence-corrected chi connectivity index (χ2v) is 5.03. The van der Waals surface area contributed by atoms with Crippen LogP contribution in [0.3, 0.4) is 0 Å². The minimum Gasteiger partial charge on any atom is -0.478 e. The number of carbonyl (C=O) groups is 1. The third kappa shape index (κ3) is 5.77. The quantitative estimate of drug-likeness (QED) is 0.646. The molecule has 0 saturated carbocycles. The lowest BCUT2D eigenvalue weighted by Crippen LogP contribution is -2.04. The number of nitrogens with one attached hydrogen (secondary N) is 1. The molecule has 0 unspecified atom stereocenters. The Morgan fingerprint density at radius 2 is 1.84 bits per heavy atom. The van der Waals surface area contributed by atoms with Crippen LogP contribution in [0.2, 0.25) is 0 Å². The lowest BCUT2D eigenvalue weighted by molar-refractivity contribution is 0.0697. The molecular weight excluding hydrogens is 238 g/mol. The molecule has 0 bridgehead atoms. The largest absolute Gasteiger partial charge is 0.478 e. The Balaban J connectivity index is 2.28. The number of hydrogen-bond donors (Lipinski definition) is 2. The van der Waals surface area contributed by atoms with Crippen molar-refractivity contribution in [2.75, 3.05) is 11.9 Å². The first-order valence-electron chi connectivity index (χ1n) is 7.23. The topological polar surface area (TPSA) is 49.3 Å². The number of carboxylic acid groups (broad SMARTS) is 1. The number of anilines is 1. The molecule has 0 radical (unpaired) electrons. The van der Waals surface area contributed by atoms with Crippen molar-refractivity contribution in [3.8, 4) is 0 Å². The normalized spacial score (nSPS) is 10.4. The van der Waals surface area contributed by atoms with Gasteiger partial charge in [0.2, 0.25) is 0 Å². The number of rotatable bonds is 9. The molecule has 0 spiro atoms. The van der Waals surface area contributed by atoms with Crippen LogP contribution in [0.15, 0.2) is 18.2 Å². The second-order valence-electron chi connectivity index (χ2n) is 5.03. The van der Waals surface area contributed by atoms with Gasteiger partial charge in [0, 0.05) is 12.2 Å². The SMILES string of the molecule is CCCCCCCCNc1ccc(C(=O)O)cc1C. The number of hydrogen-bond acceptors (Lipinski definition) is 2. The van der Waals surface area contributed by atoms with Crippen LogP contribution in [0.5, 0.6) is 0 Å². The zero-order valence-corrected chi connectivity index (χ0v) is 12.0. The molecule has 0 atom stereocenters. The van der Waals surface area contributed by atoms with Crippen LogP contribution in [0.1, 0.15) is 61.4 Å². The molecule has 1 aromatic rings. The van der Waals surface area contributed by atoms with E-state index in [0.29, 0.717) is 5.56 Å². The summed E-state index contributed by atoms with van der Waals surface area (Å²) in [5, 5.41) is 12.3. The Bertz CT molecular complexity index is 402. The first-order chi connectivity index (χ1) is 9.15. The van der Waals surface area contributed by atoms with Crippen LogP contribution in [-0.2, 0) is 0 Å². The van der Waals surface area contributed by atoms with Crippen LogP contribution in [0, 0.1) is 6.92 Å². The number of benzene rings is 1. The minimum absolute atomic E-state index is 0.350. The first-order valence-corrected chi connectivity index (χ1v) is 7.23. The van der Waals surface area contributed by atoms with Gasteiger partial charge in [0.1, 0.15) is 0 Å². The van der Waals surface area contributed by atoms with Crippen LogP contribution < -0.4 is 5.32 Å². The average Bonchev–Trinajstić information content (AvgIpc) is 2.39. The third-order valence-corrected chi connectivity index (χ3v) is 3.32. The zero-order valence-electron chi connectivity index (χ0n) is 12.0. The summed E-state index contributed by atoms with van der Waals surface area (Å²) in [6.45, 7) is 5.13. The van der Waals surface area contributed by atoms with Gasteiger partial charge < -0.3 is 10.4 Å². The second kappa shape index (κ2) is 8.57. The van der Waals surface area contributed by atoms with E-state index in [2.05, 4.69) is 12.2 Å². The fourth-order valence-electron chi connectivity index (χ4n) is 2.12. The monoisotopic (exact) mass is 263 g/mol. The Hall–Kier alpha value is -1.51. The van der Waals surface area contributed by atoms with Gasteiger partial charge >= 0.3 is 5.97 Å². The predicted octanol–water partition coefficient (Wildman–Crippen LogP) is 4.47. The molecule has 0 aromatic heterocycles. The highest BCUT2D eigenvalue weighted by molar-refractivity contribution is 5.88. The molecule has 2 N–H and O–H groups in total. The van der Waals surface area contributed by atoms with Gasteiger partial charge in [0.05, 0.1) is 5.56 Å². The van der Waals surface area contributed by atoms with E-state index in [9.17, 15) is 4.79 Å². The number of aryl methyl sites for hydroxylation is 1. The zero-order chi connectivity index (χ0) is 14.1. The Morgan fingerprint density at radius 1 is 1.16 bits per heavy atom. The highest BCUT2D eigenvalue weighted by Gasteiger charge is 2.04. The van der Waals surface area contributed by atoms with Gasteiger partial charge in [0.15, 0.2) is 0 Å². The predicted molar refractivity (Wildman–Crippen MR) is 80.0 cm³/mol. The van der Waals surface area contributed by atoms with Crippen LogP contribution in [0.25, 0.3) is 0 Å². The lowest BCUT2D eigenvalue weighted by Gasteiger charge is -2.10.